The quantitative estimate of drug-likeness (QED) is 0.941. The molecule has 2 heterocycles. The van der Waals surface area contributed by atoms with Crippen LogP contribution >= 0.6 is 0 Å². The van der Waals surface area contributed by atoms with Crippen molar-refractivity contribution in [2.75, 3.05) is 6.54 Å². The number of carboxylic acids is 1. The normalized spacial score (nSPS) is 20.1. The number of aromatic nitrogens is 1. The zero-order chi connectivity index (χ0) is 16.2. The van der Waals surface area contributed by atoms with Gasteiger partial charge in [-0.2, -0.15) is 0 Å². The summed E-state index contributed by atoms with van der Waals surface area (Å²) in [6.07, 6.45) is 4.19. The number of nitrogens with zero attached hydrogens (tertiary/aromatic N) is 2. The number of benzene rings is 1. The molecule has 1 N–H and O–H groups in total. The number of aliphatic carboxylic acids is 1. The first-order chi connectivity index (χ1) is 11.2. The van der Waals surface area contributed by atoms with Crippen molar-refractivity contribution in [3.05, 3.63) is 65.7 Å². The van der Waals surface area contributed by atoms with Crippen LogP contribution in [0.4, 0.5) is 4.39 Å². The number of halogens is 1. The molecule has 0 radical (unpaired) electrons. The maximum Gasteiger partial charge on any atom is 0.320 e. The van der Waals surface area contributed by atoms with Gasteiger partial charge in [0.25, 0.3) is 0 Å². The number of carboxylic acid groups (broad SMARTS) is 1. The van der Waals surface area contributed by atoms with Crippen molar-refractivity contribution in [1.82, 2.24) is 9.88 Å². The van der Waals surface area contributed by atoms with Gasteiger partial charge >= 0.3 is 5.97 Å². The predicted octanol–water partition coefficient (Wildman–Crippen LogP) is 3.25. The molecule has 0 saturated carbocycles. The Balaban J connectivity index is 2.04. The number of pyridine rings is 1. The lowest BCUT2D eigenvalue weighted by Crippen LogP contribution is -2.47. The highest BCUT2D eigenvalue weighted by molar-refractivity contribution is 5.73. The van der Waals surface area contributed by atoms with Gasteiger partial charge in [-0.15, -0.1) is 0 Å². The molecule has 0 amide bonds. The summed E-state index contributed by atoms with van der Waals surface area (Å²) in [5.41, 5.74) is 1.64. The second kappa shape index (κ2) is 6.87. The first-order valence-electron chi connectivity index (χ1n) is 7.82. The third-order valence-electron chi connectivity index (χ3n) is 4.31. The first kappa shape index (κ1) is 15.6. The van der Waals surface area contributed by atoms with E-state index in [2.05, 4.69) is 4.98 Å². The van der Waals surface area contributed by atoms with Crippen LogP contribution in [0, 0.1) is 5.82 Å². The third-order valence-corrected chi connectivity index (χ3v) is 4.31. The molecule has 1 aliphatic heterocycles. The lowest BCUT2D eigenvalue weighted by atomic mass is 9.94. The molecule has 0 bridgehead atoms. The van der Waals surface area contributed by atoms with Gasteiger partial charge in [0, 0.05) is 6.20 Å². The van der Waals surface area contributed by atoms with Crippen molar-refractivity contribution in [3.8, 4) is 0 Å². The summed E-state index contributed by atoms with van der Waals surface area (Å²) in [4.78, 5) is 18.1. The van der Waals surface area contributed by atoms with Crippen molar-refractivity contribution in [2.45, 2.75) is 31.3 Å². The van der Waals surface area contributed by atoms with Crippen LogP contribution < -0.4 is 0 Å². The van der Waals surface area contributed by atoms with E-state index in [-0.39, 0.29) is 11.9 Å². The minimum absolute atomic E-state index is 0.279. The molecule has 1 aliphatic rings. The third kappa shape index (κ3) is 3.40. The van der Waals surface area contributed by atoms with Crippen molar-refractivity contribution in [1.29, 1.82) is 0 Å². The standard InChI is InChI=1S/C18H19FN2O2/c19-14-9-7-13(8-10-14)17(15-5-1-3-11-20-15)21-12-4-2-6-16(21)18(22)23/h1,3,5,7-11,16-17H,2,4,6,12H2,(H,22,23). The van der Waals surface area contributed by atoms with Gasteiger partial charge in [0.1, 0.15) is 11.9 Å². The summed E-state index contributed by atoms with van der Waals surface area (Å²) in [5.74, 6) is -1.12. The molecule has 1 aromatic carbocycles. The lowest BCUT2D eigenvalue weighted by Gasteiger charge is -2.39. The zero-order valence-electron chi connectivity index (χ0n) is 12.7. The van der Waals surface area contributed by atoms with E-state index in [0.717, 1.165) is 24.1 Å². The van der Waals surface area contributed by atoms with Crippen molar-refractivity contribution >= 4 is 5.97 Å². The predicted molar refractivity (Wildman–Crippen MR) is 84.5 cm³/mol. The van der Waals surface area contributed by atoms with E-state index in [1.54, 1.807) is 18.3 Å². The van der Waals surface area contributed by atoms with E-state index in [0.29, 0.717) is 13.0 Å². The number of piperidine rings is 1. The van der Waals surface area contributed by atoms with E-state index in [9.17, 15) is 14.3 Å². The highest BCUT2D eigenvalue weighted by Crippen LogP contribution is 2.33. The van der Waals surface area contributed by atoms with Crippen LogP contribution in [0.5, 0.6) is 0 Å². The Kier molecular flexibility index (Phi) is 4.67. The number of carbonyl (C=O) groups is 1. The molecule has 23 heavy (non-hydrogen) atoms. The average Bonchev–Trinajstić information content (AvgIpc) is 2.58. The molecule has 1 aromatic heterocycles. The van der Waals surface area contributed by atoms with Gasteiger partial charge in [-0.25, -0.2) is 4.39 Å². The second-order valence-electron chi connectivity index (χ2n) is 5.80. The monoisotopic (exact) mass is 314 g/mol. The van der Waals surface area contributed by atoms with Gasteiger partial charge in [0.15, 0.2) is 0 Å². The molecule has 0 aliphatic carbocycles. The highest BCUT2D eigenvalue weighted by Gasteiger charge is 2.35. The minimum atomic E-state index is -0.812. The maximum atomic E-state index is 13.3. The van der Waals surface area contributed by atoms with Crippen LogP contribution in [0.2, 0.25) is 0 Å². The number of hydrogen-bond donors (Lipinski definition) is 1. The van der Waals surface area contributed by atoms with Gasteiger partial charge in [0.2, 0.25) is 0 Å². The van der Waals surface area contributed by atoms with Crippen molar-refractivity contribution < 1.29 is 14.3 Å². The van der Waals surface area contributed by atoms with E-state index in [1.165, 1.54) is 12.1 Å². The van der Waals surface area contributed by atoms with Crippen LogP contribution in [0.15, 0.2) is 48.7 Å². The molecular weight excluding hydrogens is 295 g/mol. The molecular formula is C18H19FN2O2. The number of likely N-dealkylation sites (tertiary alicyclic amines) is 1. The summed E-state index contributed by atoms with van der Waals surface area (Å²) in [5, 5.41) is 9.57. The van der Waals surface area contributed by atoms with Crippen LogP contribution in [-0.2, 0) is 4.79 Å². The van der Waals surface area contributed by atoms with Crippen LogP contribution in [0.25, 0.3) is 0 Å². The van der Waals surface area contributed by atoms with E-state index in [4.69, 9.17) is 0 Å². The highest BCUT2D eigenvalue weighted by atomic mass is 19.1. The first-order valence-corrected chi connectivity index (χ1v) is 7.82. The number of hydrogen-bond acceptors (Lipinski definition) is 3. The fourth-order valence-electron chi connectivity index (χ4n) is 3.24. The van der Waals surface area contributed by atoms with Crippen LogP contribution in [-0.4, -0.2) is 33.5 Å². The summed E-state index contributed by atoms with van der Waals surface area (Å²) in [6.45, 7) is 0.690. The fraction of sp³-hybridized carbons (Fsp3) is 0.333. The molecule has 3 rings (SSSR count). The van der Waals surface area contributed by atoms with Crippen LogP contribution in [0.3, 0.4) is 0 Å². The summed E-state index contributed by atoms with van der Waals surface area (Å²) in [7, 11) is 0. The fourth-order valence-corrected chi connectivity index (χ4v) is 3.24. The minimum Gasteiger partial charge on any atom is -0.480 e. The summed E-state index contributed by atoms with van der Waals surface area (Å²) < 4.78 is 13.3. The molecule has 1 saturated heterocycles. The van der Waals surface area contributed by atoms with Gasteiger partial charge in [-0.1, -0.05) is 24.6 Å². The van der Waals surface area contributed by atoms with E-state index in [1.807, 2.05) is 23.1 Å². The van der Waals surface area contributed by atoms with Gasteiger partial charge in [0.05, 0.1) is 11.7 Å². The smallest absolute Gasteiger partial charge is 0.320 e. The van der Waals surface area contributed by atoms with Gasteiger partial charge in [-0.05, 0) is 49.2 Å². The SMILES string of the molecule is O=C(O)C1CCCCN1C(c1ccc(F)cc1)c1ccccn1. The molecule has 2 atom stereocenters. The lowest BCUT2D eigenvalue weighted by molar-refractivity contribution is -0.145. The zero-order valence-corrected chi connectivity index (χ0v) is 12.7. The Morgan fingerprint density at radius 1 is 1.22 bits per heavy atom. The Bertz CT molecular complexity index is 660. The Labute approximate surface area is 134 Å². The molecule has 5 heteroatoms. The number of rotatable bonds is 4. The average molecular weight is 314 g/mol. The topological polar surface area (TPSA) is 53.4 Å². The molecule has 2 aromatic rings. The molecule has 4 nitrogen and oxygen atoms in total. The van der Waals surface area contributed by atoms with E-state index >= 15 is 0 Å². The maximum absolute atomic E-state index is 13.3. The van der Waals surface area contributed by atoms with Crippen molar-refractivity contribution in [2.24, 2.45) is 0 Å². The molecule has 120 valence electrons. The molecule has 1 fully saturated rings. The van der Waals surface area contributed by atoms with Crippen molar-refractivity contribution in [3.63, 3.8) is 0 Å². The summed E-state index contributed by atoms with van der Waals surface area (Å²) >= 11 is 0. The molecule has 0 spiro atoms. The Morgan fingerprint density at radius 3 is 2.65 bits per heavy atom. The van der Waals surface area contributed by atoms with Gasteiger partial charge in [-0.3, -0.25) is 14.7 Å². The largest absolute Gasteiger partial charge is 0.480 e. The van der Waals surface area contributed by atoms with E-state index < -0.39 is 12.0 Å². The second-order valence-corrected chi connectivity index (χ2v) is 5.80. The Hall–Kier alpha value is -2.27. The van der Waals surface area contributed by atoms with Crippen LogP contribution in [0.1, 0.15) is 36.6 Å². The molecule has 2 unspecified atom stereocenters. The van der Waals surface area contributed by atoms with Gasteiger partial charge < -0.3 is 5.11 Å². The Morgan fingerprint density at radius 2 is 2.00 bits per heavy atom. The summed E-state index contributed by atoms with van der Waals surface area (Å²) in [6, 6.07) is 11.0.